The van der Waals surface area contributed by atoms with E-state index < -0.39 is 34.6 Å². The van der Waals surface area contributed by atoms with Crippen molar-refractivity contribution in [3.05, 3.63) is 69.9 Å². The van der Waals surface area contributed by atoms with Crippen LogP contribution in [0.2, 0.25) is 0 Å². The standard InChI is InChI=1S/C29H29N3O7/c1-13-24(36)22(15(3)33)26-23(25(13)37)29(5)20(39-26)12-19(35)21(27(29)38)14(2)30-10-11-32-18-9-7-6-8-17(18)31-28(32)16(4)34/h6-9,12,16,30,34,36-37H,10-11H2,1-5H3. The maximum atomic E-state index is 13.9. The minimum absolute atomic E-state index is 0.0155. The van der Waals surface area contributed by atoms with E-state index >= 15 is 0 Å². The summed E-state index contributed by atoms with van der Waals surface area (Å²) in [6.45, 7) is 8.19. The fourth-order valence-electron chi connectivity index (χ4n) is 5.45. The van der Waals surface area contributed by atoms with E-state index in [9.17, 15) is 29.7 Å². The minimum Gasteiger partial charge on any atom is -0.507 e. The van der Waals surface area contributed by atoms with Gasteiger partial charge in [-0.05, 0) is 46.8 Å². The van der Waals surface area contributed by atoms with Crippen molar-refractivity contribution in [1.29, 1.82) is 0 Å². The van der Waals surface area contributed by atoms with Crippen LogP contribution in [0, 0.1) is 6.92 Å². The number of Topliss-reactive ketones (excluding diaryl/α,β-unsaturated/α-hetero) is 2. The van der Waals surface area contributed by atoms with Crippen LogP contribution in [-0.2, 0) is 21.5 Å². The molecule has 39 heavy (non-hydrogen) atoms. The number of imidazole rings is 1. The average molecular weight is 532 g/mol. The molecule has 2 unspecified atom stereocenters. The van der Waals surface area contributed by atoms with Crippen LogP contribution in [0.5, 0.6) is 17.2 Å². The number of ketones is 3. The summed E-state index contributed by atoms with van der Waals surface area (Å²) < 4.78 is 7.68. The molecule has 0 bridgehead atoms. The van der Waals surface area contributed by atoms with Crippen molar-refractivity contribution in [1.82, 2.24) is 14.9 Å². The van der Waals surface area contributed by atoms with Crippen molar-refractivity contribution < 1.29 is 34.4 Å². The minimum atomic E-state index is -1.58. The monoisotopic (exact) mass is 531 g/mol. The van der Waals surface area contributed by atoms with Gasteiger partial charge < -0.3 is 29.9 Å². The van der Waals surface area contributed by atoms with Gasteiger partial charge in [-0.25, -0.2) is 4.98 Å². The van der Waals surface area contributed by atoms with Crippen LogP contribution in [0.25, 0.3) is 11.0 Å². The van der Waals surface area contributed by atoms with Crippen molar-refractivity contribution in [2.45, 2.75) is 52.7 Å². The summed E-state index contributed by atoms with van der Waals surface area (Å²) in [7, 11) is 0. The second-order valence-electron chi connectivity index (χ2n) is 10.1. The normalized spacial score (nSPS) is 20.3. The van der Waals surface area contributed by atoms with E-state index in [0.717, 1.165) is 11.0 Å². The number of rotatable bonds is 6. The van der Waals surface area contributed by atoms with Crippen LogP contribution in [0.3, 0.4) is 0 Å². The zero-order valence-electron chi connectivity index (χ0n) is 22.2. The fourth-order valence-corrected chi connectivity index (χ4v) is 5.45. The Hall–Kier alpha value is -4.44. The van der Waals surface area contributed by atoms with Crippen LogP contribution in [0.1, 0.15) is 61.1 Å². The highest BCUT2D eigenvalue weighted by Crippen LogP contribution is 2.57. The largest absolute Gasteiger partial charge is 0.507 e. The lowest BCUT2D eigenvalue weighted by Crippen LogP contribution is -2.41. The number of hydrogen-bond acceptors (Lipinski definition) is 9. The lowest BCUT2D eigenvalue weighted by Gasteiger charge is -2.29. The van der Waals surface area contributed by atoms with Crippen molar-refractivity contribution in [3.63, 3.8) is 0 Å². The molecule has 5 rings (SSSR count). The summed E-state index contributed by atoms with van der Waals surface area (Å²) in [5.41, 5.74) is 0.185. The Morgan fingerprint density at radius 3 is 2.54 bits per heavy atom. The number of ether oxygens (including phenoxy) is 1. The molecule has 2 heterocycles. The number of benzene rings is 2. The molecule has 4 N–H and O–H groups in total. The first-order valence-electron chi connectivity index (χ1n) is 12.6. The van der Waals surface area contributed by atoms with E-state index in [4.69, 9.17) is 4.74 Å². The number of carbonyl (C=O) groups excluding carboxylic acids is 3. The average Bonchev–Trinajstić information content (AvgIpc) is 3.39. The molecule has 202 valence electrons. The Balaban J connectivity index is 1.51. The van der Waals surface area contributed by atoms with Gasteiger partial charge >= 0.3 is 0 Å². The van der Waals surface area contributed by atoms with Crippen LogP contribution in [-0.4, -0.2) is 48.8 Å². The molecule has 10 nitrogen and oxygen atoms in total. The number of carbonyl (C=O) groups is 3. The Labute approximate surface area is 224 Å². The van der Waals surface area contributed by atoms with E-state index in [1.165, 1.54) is 26.8 Å². The SMILES string of the molecule is CC(=O)c1c(O)c(C)c(O)c2c1OC1=CC(=O)C(=C(C)NCCn3c(C(C)O)nc4ccccc43)C(=O)C12C. The molecule has 0 saturated carbocycles. The fraction of sp³-hybridized carbons (Fsp3) is 0.310. The summed E-state index contributed by atoms with van der Waals surface area (Å²) >= 11 is 0. The molecule has 0 spiro atoms. The van der Waals surface area contributed by atoms with Crippen LogP contribution >= 0.6 is 0 Å². The molecule has 0 amide bonds. The van der Waals surface area contributed by atoms with Crippen LogP contribution < -0.4 is 10.1 Å². The Kier molecular flexibility index (Phi) is 6.10. The third-order valence-electron chi connectivity index (χ3n) is 7.54. The number of aromatic hydroxyl groups is 2. The van der Waals surface area contributed by atoms with E-state index in [0.29, 0.717) is 24.6 Å². The van der Waals surface area contributed by atoms with Crippen molar-refractivity contribution >= 4 is 28.4 Å². The van der Waals surface area contributed by atoms with Gasteiger partial charge in [0, 0.05) is 30.4 Å². The summed E-state index contributed by atoms with van der Waals surface area (Å²) in [4.78, 5) is 43.9. The van der Waals surface area contributed by atoms with Gasteiger partial charge in [0.1, 0.15) is 45.9 Å². The van der Waals surface area contributed by atoms with Gasteiger partial charge in [-0.2, -0.15) is 0 Å². The second kappa shape index (κ2) is 9.09. The number of phenolic OH excluding ortho intramolecular Hbond substituents is 2. The Morgan fingerprint density at radius 1 is 1.18 bits per heavy atom. The van der Waals surface area contributed by atoms with Crippen LogP contribution in [0.15, 0.2) is 47.4 Å². The highest BCUT2D eigenvalue weighted by Gasteiger charge is 2.56. The molecule has 1 aliphatic heterocycles. The topological polar surface area (TPSA) is 151 Å². The summed E-state index contributed by atoms with van der Waals surface area (Å²) in [6, 6.07) is 7.51. The number of aromatic nitrogens is 2. The number of allylic oxidation sites excluding steroid dienone is 4. The molecule has 0 radical (unpaired) electrons. The molecular formula is C29H29N3O7. The quantitative estimate of drug-likeness (QED) is 0.213. The predicted molar refractivity (Wildman–Crippen MR) is 142 cm³/mol. The molecule has 2 aromatic carbocycles. The number of fused-ring (bicyclic) bond motifs is 4. The van der Waals surface area contributed by atoms with Gasteiger partial charge in [0.05, 0.1) is 22.2 Å². The highest BCUT2D eigenvalue weighted by atomic mass is 16.5. The predicted octanol–water partition coefficient (Wildman–Crippen LogP) is 3.26. The molecule has 0 fully saturated rings. The zero-order chi connectivity index (χ0) is 28.4. The molecule has 2 aliphatic rings. The Bertz CT molecular complexity index is 1660. The molecule has 1 aromatic heterocycles. The number of nitrogens with one attached hydrogen (secondary N) is 1. The van der Waals surface area contributed by atoms with Gasteiger partial charge in [0.25, 0.3) is 0 Å². The lowest BCUT2D eigenvalue weighted by atomic mass is 9.70. The Morgan fingerprint density at radius 2 is 1.87 bits per heavy atom. The van der Waals surface area contributed by atoms with Crippen molar-refractivity contribution in [2.75, 3.05) is 6.54 Å². The lowest BCUT2D eigenvalue weighted by molar-refractivity contribution is -0.123. The third kappa shape index (κ3) is 3.74. The first kappa shape index (κ1) is 26.2. The number of hydrogen-bond donors (Lipinski definition) is 4. The van der Waals surface area contributed by atoms with Crippen LogP contribution in [0.4, 0.5) is 0 Å². The van der Waals surface area contributed by atoms with Gasteiger partial charge in [-0.1, -0.05) is 12.1 Å². The first-order valence-corrected chi connectivity index (χ1v) is 12.6. The summed E-state index contributed by atoms with van der Waals surface area (Å²) in [5, 5.41) is 34.8. The number of nitrogens with zero attached hydrogens (tertiary/aromatic N) is 2. The maximum Gasteiger partial charge on any atom is 0.194 e. The summed E-state index contributed by atoms with van der Waals surface area (Å²) in [5.74, 6) is -2.12. The van der Waals surface area contributed by atoms with Crippen molar-refractivity contribution in [2.24, 2.45) is 0 Å². The number of phenols is 2. The molecule has 1 aliphatic carbocycles. The van der Waals surface area contributed by atoms with Gasteiger partial charge in [0.15, 0.2) is 17.3 Å². The number of aliphatic hydroxyl groups excluding tert-OH is 1. The smallest absolute Gasteiger partial charge is 0.194 e. The number of para-hydroxylation sites is 2. The third-order valence-corrected chi connectivity index (χ3v) is 7.54. The van der Waals surface area contributed by atoms with E-state index in [1.807, 2.05) is 28.8 Å². The van der Waals surface area contributed by atoms with Crippen molar-refractivity contribution in [3.8, 4) is 17.2 Å². The number of aliphatic hydroxyl groups is 1. The zero-order valence-corrected chi connectivity index (χ0v) is 22.2. The second-order valence-corrected chi connectivity index (χ2v) is 10.1. The highest BCUT2D eigenvalue weighted by molar-refractivity contribution is 6.31. The van der Waals surface area contributed by atoms with Gasteiger partial charge in [-0.15, -0.1) is 0 Å². The van der Waals surface area contributed by atoms with Gasteiger partial charge in [-0.3, -0.25) is 14.4 Å². The van der Waals surface area contributed by atoms with Gasteiger partial charge in [0.2, 0.25) is 0 Å². The molecule has 3 aromatic rings. The molecule has 0 saturated heterocycles. The maximum absolute atomic E-state index is 13.9. The molecular weight excluding hydrogens is 502 g/mol. The van der Waals surface area contributed by atoms with E-state index in [2.05, 4.69) is 10.3 Å². The van der Waals surface area contributed by atoms with E-state index in [-0.39, 0.29) is 39.5 Å². The van der Waals surface area contributed by atoms with E-state index in [1.54, 1.807) is 13.8 Å². The molecule has 10 heteroatoms. The summed E-state index contributed by atoms with van der Waals surface area (Å²) in [6.07, 6.45) is 0.395. The molecule has 2 atom stereocenters. The first-order chi connectivity index (χ1) is 18.4.